The molecule has 0 aliphatic carbocycles. The van der Waals surface area contributed by atoms with Crippen LogP contribution in [0.3, 0.4) is 0 Å². The van der Waals surface area contributed by atoms with E-state index in [1.807, 2.05) is 6.92 Å². The van der Waals surface area contributed by atoms with Crippen LogP contribution in [-0.2, 0) is 4.74 Å². The van der Waals surface area contributed by atoms with Gasteiger partial charge in [-0.1, -0.05) is 6.92 Å². The number of thiazole rings is 1. The summed E-state index contributed by atoms with van der Waals surface area (Å²) >= 11 is 1.33. The van der Waals surface area contributed by atoms with Crippen molar-refractivity contribution in [3.05, 3.63) is 16.1 Å². The Bertz CT molecular complexity index is 381. The number of nitrogens with zero attached hydrogens (tertiary/aromatic N) is 2. The van der Waals surface area contributed by atoms with Crippen molar-refractivity contribution in [3.8, 4) is 6.07 Å². The van der Waals surface area contributed by atoms with E-state index in [0.717, 1.165) is 0 Å². The van der Waals surface area contributed by atoms with Gasteiger partial charge in [0.25, 0.3) is 0 Å². The zero-order valence-electron chi connectivity index (χ0n) is 8.69. The van der Waals surface area contributed by atoms with E-state index in [4.69, 9.17) is 10.00 Å². The molecule has 0 amide bonds. The van der Waals surface area contributed by atoms with Gasteiger partial charge in [0.15, 0.2) is 5.69 Å². The SMILES string of the molecule is CCOC(=O)c1csc(C(C#N)CC)n1. The zero-order valence-corrected chi connectivity index (χ0v) is 9.50. The second-order valence-corrected chi connectivity index (χ2v) is 3.77. The molecule has 0 aliphatic rings. The Morgan fingerprint density at radius 3 is 3.00 bits per heavy atom. The molecule has 0 radical (unpaired) electrons. The Morgan fingerprint density at radius 2 is 2.47 bits per heavy atom. The van der Waals surface area contributed by atoms with Gasteiger partial charge in [-0.2, -0.15) is 5.26 Å². The van der Waals surface area contributed by atoms with Gasteiger partial charge in [-0.15, -0.1) is 11.3 Å². The lowest BCUT2D eigenvalue weighted by Crippen LogP contribution is -2.05. The molecule has 4 nitrogen and oxygen atoms in total. The molecule has 1 heterocycles. The zero-order chi connectivity index (χ0) is 11.3. The summed E-state index contributed by atoms with van der Waals surface area (Å²) in [5.74, 6) is -0.647. The predicted molar refractivity (Wildman–Crippen MR) is 56.7 cm³/mol. The molecule has 1 rings (SSSR count). The number of nitriles is 1. The van der Waals surface area contributed by atoms with E-state index in [1.54, 1.807) is 12.3 Å². The van der Waals surface area contributed by atoms with Gasteiger partial charge >= 0.3 is 5.97 Å². The Morgan fingerprint density at radius 1 is 1.73 bits per heavy atom. The van der Waals surface area contributed by atoms with Gasteiger partial charge in [-0.05, 0) is 13.3 Å². The predicted octanol–water partition coefficient (Wildman–Crippen LogP) is 2.34. The van der Waals surface area contributed by atoms with Gasteiger partial charge in [0.2, 0.25) is 0 Å². The molecule has 5 heteroatoms. The standard InChI is InChI=1S/C10H12N2O2S/c1-3-7(5-11)9-12-8(6-15-9)10(13)14-4-2/h6-7H,3-4H2,1-2H3. The Kier molecular flexibility index (Phi) is 4.25. The van der Waals surface area contributed by atoms with Crippen LogP contribution in [-0.4, -0.2) is 17.6 Å². The fourth-order valence-corrected chi connectivity index (χ4v) is 1.98. The van der Waals surface area contributed by atoms with Crippen molar-refractivity contribution in [3.63, 3.8) is 0 Å². The highest BCUT2D eigenvalue weighted by atomic mass is 32.1. The smallest absolute Gasteiger partial charge is 0.357 e. The topological polar surface area (TPSA) is 63.0 Å². The van der Waals surface area contributed by atoms with Crippen molar-refractivity contribution in [1.29, 1.82) is 5.26 Å². The fourth-order valence-electron chi connectivity index (χ4n) is 1.07. The summed E-state index contributed by atoms with van der Waals surface area (Å²) in [6, 6.07) is 2.15. The molecule has 0 spiro atoms. The van der Waals surface area contributed by atoms with Crippen molar-refractivity contribution < 1.29 is 9.53 Å². The van der Waals surface area contributed by atoms with Crippen LogP contribution in [0.4, 0.5) is 0 Å². The second kappa shape index (κ2) is 5.47. The van der Waals surface area contributed by atoms with E-state index in [0.29, 0.717) is 23.7 Å². The highest BCUT2D eigenvalue weighted by Crippen LogP contribution is 2.22. The van der Waals surface area contributed by atoms with E-state index in [-0.39, 0.29) is 5.92 Å². The highest BCUT2D eigenvalue weighted by Gasteiger charge is 2.16. The van der Waals surface area contributed by atoms with Gasteiger partial charge in [-0.25, -0.2) is 9.78 Å². The van der Waals surface area contributed by atoms with Crippen LogP contribution in [0.25, 0.3) is 0 Å². The highest BCUT2D eigenvalue weighted by molar-refractivity contribution is 7.10. The lowest BCUT2D eigenvalue weighted by Gasteiger charge is -1.99. The summed E-state index contributed by atoms with van der Waals surface area (Å²) in [7, 11) is 0. The van der Waals surface area contributed by atoms with Crippen LogP contribution >= 0.6 is 11.3 Å². The van der Waals surface area contributed by atoms with E-state index in [9.17, 15) is 4.79 Å². The second-order valence-electron chi connectivity index (χ2n) is 2.88. The van der Waals surface area contributed by atoms with Crippen molar-refractivity contribution in [2.24, 2.45) is 0 Å². The Labute approximate surface area is 92.5 Å². The van der Waals surface area contributed by atoms with E-state index < -0.39 is 5.97 Å². The quantitative estimate of drug-likeness (QED) is 0.736. The molecule has 1 unspecified atom stereocenters. The lowest BCUT2D eigenvalue weighted by atomic mass is 10.1. The molecule has 0 aliphatic heterocycles. The molecule has 0 fully saturated rings. The average molecular weight is 224 g/mol. The summed E-state index contributed by atoms with van der Waals surface area (Å²) in [4.78, 5) is 15.4. The summed E-state index contributed by atoms with van der Waals surface area (Å²) < 4.78 is 4.81. The average Bonchev–Trinajstić information content (AvgIpc) is 2.69. The molecule has 1 aromatic rings. The maximum absolute atomic E-state index is 11.3. The van der Waals surface area contributed by atoms with Gasteiger partial charge in [0.1, 0.15) is 5.01 Å². The molecule has 0 bridgehead atoms. The van der Waals surface area contributed by atoms with Gasteiger partial charge in [-0.3, -0.25) is 0 Å². The molecule has 1 atom stereocenters. The molecule has 15 heavy (non-hydrogen) atoms. The molecular weight excluding hydrogens is 212 g/mol. The lowest BCUT2D eigenvalue weighted by molar-refractivity contribution is 0.0520. The van der Waals surface area contributed by atoms with Crippen molar-refractivity contribution in [2.45, 2.75) is 26.2 Å². The van der Waals surface area contributed by atoms with Crippen molar-refractivity contribution >= 4 is 17.3 Å². The summed E-state index contributed by atoms with van der Waals surface area (Å²) in [6.45, 7) is 4.00. The molecule has 0 N–H and O–H groups in total. The number of carbonyl (C=O) groups excluding carboxylic acids is 1. The third-order valence-corrected chi connectivity index (χ3v) is 2.83. The number of carbonyl (C=O) groups is 1. The number of ether oxygens (including phenoxy) is 1. The van der Waals surface area contributed by atoms with Crippen LogP contribution in [0.2, 0.25) is 0 Å². The van der Waals surface area contributed by atoms with Crippen LogP contribution in [0.1, 0.15) is 41.7 Å². The molecule has 80 valence electrons. The minimum atomic E-state index is -0.423. The summed E-state index contributed by atoms with van der Waals surface area (Å²) in [5.41, 5.74) is 0.297. The number of aromatic nitrogens is 1. The molecule has 0 saturated carbocycles. The van der Waals surface area contributed by atoms with Gasteiger partial charge in [0.05, 0.1) is 18.6 Å². The third kappa shape index (κ3) is 2.77. The minimum Gasteiger partial charge on any atom is -0.461 e. The molecule has 0 saturated heterocycles. The Balaban J connectivity index is 2.80. The number of hydrogen-bond acceptors (Lipinski definition) is 5. The van der Waals surface area contributed by atoms with Crippen LogP contribution in [0, 0.1) is 11.3 Å². The summed E-state index contributed by atoms with van der Waals surface area (Å²) in [5, 5.41) is 11.1. The third-order valence-electron chi connectivity index (χ3n) is 1.87. The van der Waals surface area contributed by atoms with Crippen LogP contribution in [0.5, 0.6) is 0 Å². The molecule has 0 aromatic carbocycles. The van der Waals surface area contributed by atoms with Crippen molar-refractivity contribution in [1.82, 2.24) is 4.98 Å². The van der Waals surface area contributed by atoms with E-state index >= 15 is 0 Å². The van der Waals surface area contributed by atoms with Crippen LogP contribution < -0.4 is 0 Å². The Hall–Kier alpha value is -1.41. The van der Waals surface area contributed by atoms with Crippen LogP contribution in [0.15, 0.2) is 5.38 Å². The molecular formula is C10H12N2O2S. The monoisotopic (exact) mass is 224 g/mol. The van der Waals surface area contributed by atoms with E-state index in [1.165, 1.54) is 11.3 Å². The largest absolute Gasteiger partial charge is 0.461 e. The minimum absolute atomic E-state index is 0.224. The van der Waals surface area contributed by atoms with Gasteiger partial charge < -0.3 is 4.74 Å². The first-order valence-corrected chi connectivity index (χ1v) is 5.63. The van der Waals surface area contributed by atoms with E-state index in [2.05, 4.69) is 11.1 Å². The normalized spacial score (nSPS) is 11.8. The van der Waals surface area contributed by atoms with Gasteiger partial charge in [0, 0.05) is 5.38 Å². The first-order valence-electron chi connectivity index (χ1n) is 4.75. The summed E-state index contributed by atoms with van der Waals surface area (Å²) in [6.07, 6.45) is 0.701. The maximum atomic E-state index is 11.3. The number of rotatable bonds is 4. The number of hydrogen-bond donors (Lipinski definition) is 0. The fraction of sp³-hybridized carbons (Fsp3) is 0.500. The first-order chi connectivity index (χ1) is 7.22. The first kappa shape index (κ1) is 11.7. The van der Waals surface area contributed by atoms with Crippen molar-refractivity contribution in [2.75, 3.05) is 6.61 Å². The number of esters is 1. The maximum Gasteiger partial charge on any atom is 0.357 e. The molecule has 1 aromatic heterocycles.